The quantitative estimate of drug-likeness (QED) is 0.894. The largest absolute Gasteiger partial charge is 0.367 e. The molecule has 0 bridgehead atoms. The molecule has 20 heavy (non-hydrogen) atoms. The van der Waals surface area contributed by atoms with Crippen LogP contribution in [0.15, 0.2) is 42.5 Å². The van der Waals surface area contributed by atoms with Gasteiger partial charge in [-0.25, -0.2) is 0 Å². The first-order valence-corrected chi connectivity index (χ1v) is 7.79. The standard InChI is InChI=1S/C18H24N2/c1-2-20(18(13-19)15-9-5-10-15)17-12-6-8-14-7-3-4-11-16(14)17/h3-4,6-8,11-12,15,18H,2,5,9-10,13,19H2,1H3. The van der Waals surface area contributed by atoms with Crippen molar-refractivity contribution >= 4 is 16.5 Å². The number of hydrogen-bond acceptors (Lipinski definition) is 2. The predicted molar refractivity (Wildman–Crippen MR) is 87.2 cm³/mol. The molecule has 3 rings (SSSR count). The van der Waals surface area contributed by atoms with Crippen LogP contribution in [0, 0.1) is 5.92 Å². The Hall–Kier alpha value is -1.54. The van der Waals surface area contributed by atoms with Crippen LogP contribution in [-0.2, 0) is 0 Å². The molecule has 1 aliphatic rings. The molecule has 0 saturated heterocycles. The highest BCUT2D eigenvalue weighted by Crippen LogP contribution is 2.36. The van der Waals surface area contributed by atoms with Gasteiger partial charge in [-0.05, 0) is 37.1 Å². The number of likely N-dealkylation sites (N-methyl/N-ethyl adjacent to an activating group) is 1. The van der Waals surface area contributed by atoms with Gasteiger partial charge in [0, 0.05) is 30.2 Å². The molecule has 2 nitrogen and oxygen atoms in total. The van der Waals surface area contributed by atoms with Crippen molar-refractivity contribution in [1.29, 1.82) is 0 Å². The van der Waals surface area contributed by atoms with Gasteiger partial charge in [-0.3, -0.25) is 0 Å². The average Bonchev–Trinajstić information content (AvgIpc) is 2.45. The van der Waals surface area contributed by atoms with Crippen LogP contribution in [-0.4, -0.2) is 19.1 Å². The molecule has 106 valence electrons. The number of nitrogens with zero attached hydrogens (tertiary/aromatic N) is 1. The third-order valence-corrected chi connectivity index (χ3v) is 4.75. The maximum atomic E-state index is 6.10. The van der Waals surface area contributed by atoms with Gasteiger partial charge in [0.1, 0.15) is 0 Å². The summed E-state index contributed by atoms with van der Waals surface area (Å²) in [5.74, 6) is 0.777. The van der Waals surface area contributed by atoms with Crippen molar-refractivity contribution in [3.05, 3.63) is 42.5 Å². The Morgan fingerprint density at radius 3 is 2.55 bits per heavy atom. The average molecular weight is 268 g/mol. The molecule has 0 spiro atoms. The first-order chi connectivity index (χ1) is 9.85. The van der Waals surface area contributed by atoms with E-state index in [-0.39, 0.29) is 0 Å². The third-order valence-electron chi connectivity index (χ3n) is 4.75. The highest BCUT2D eigenvalue weighted by molar-refractivity contribution is 5.94. The van der Waals surface area contributed by atoms with Gasteiger partial charge in [0.25, 0.3) is 0 Å². The molecule has 1 aliphatic carbocycles. The minimum atomic E-state index is 0.486. The molecule has 1 atom stereocenters. The molecule has 2 aromatic carbocycles. The van der Waals surface area contributed by atoms with Gasteiger partial charge < -0.3 is 10.6 Å². The normalized spacial score (nSPS) is 16.9. The van der Waals surface area contributed by atoms with Gasteiger partial charge in [0.2, 0.25) is 0 Å². The van der Waals surface area contributed by atoms with E-state index in [2.05, 4.69) is 54.3 Å². The SMILES string of the molecule is CCN(c1cccc2ccccc12)C(CN)C1CCC1. The zero-order valence-corrected chi connectivity index (χ0v) is 12.3. The molecule has 1 saturated carbocycles. The van der Waals surface area contributed by atoms with Crippen LogP contribution in [0.25, 0.3) is 10.8 Å². The Labute approximate surface area is 121 Å². The Kier molecular flexibility index (Phi) is 3.93. The van der Waals surface area contributed by atoms with Crippen LogP contribution in [0.5, 0.6) is 0 Å². The lowest BCUT2D eigenvalue weighted by Crippen LogP contribution is -2.48. The van der Waals surface area contributed by atoms with Gasteiger partial charge in [0.15, 0.2) is 0 Å². The maximum Gasteiger partial charge on any atom is 0.0448 e. The van der Waals surface area contributed by atoms with E-state index >= 15 is 0 Å². The van der Waals surface area contributed by atoms with Crippen molar-refractivity contribution in [3.8, 4) is 0 Å². The maximum absolute atomic E-state index is 6.10. The molecule has 2 N–H and O–H groups in total. The summed E-state index contributed by atoms with van der Waals surface area (Å²) in [5.41, 5.74) is 7.44. The van der Waals surface area contributed by atoms with Crippen molar-refractivity contribution in [2.75, 3.05) is 18.0 Å². The van der Waals surface area contributed by atoms with Crippen LogP contribution >= 0.6 is 0 Å². The number of anilines is 1. The molecule has 2 heteroatoms. The van der Waals surface area contributed by atoms with Gasteiger partial charge in [-0.2, -0.15) is 0 Å². The summed E-state index contributed by atoms with van der Waals surface area (Å²) >= 11 is 0. The minimum absolute atomic E-state index is 0.486. The smallest absolute Gasteiger partial charge is 0.0448 e. The number of hydrogen-bond donors (Lipinski definition) is 1. The summed E-state index contributed by atoms with van der Waals surface area (Å²) in [4.78, 5) is 2.52. The zero-order valence-electron chi connectivity index (χ0n) is 12.3. The van der Waals surface area contributed by atoms with Crippen LogP contribution in [0.4, 0.5) is 5.69 Å². The van der Waals surface area contributed by atoms with Crippen molar-refractivity contribution < 1.29 is 0 Å². The molecule has 1 unspecified atom stereocenters. The van der Waals surface area contributed by atoms with Crippen LogP contribution < -0.4 is 10.6 Å². The van der Waals surface area contributed by atoms with Crippen LogP contribution in [0.3, 0.4) is 0 Å². The molecule has 0 amide bonds. The van der Waals surface area contributed by atoms with E-state index in [9.17, 15) is 0 Å². The number of rotatable bonds is 5. The summed E-state index contributed by atoms with van der Waals surface area (Å²) in [6.45, 7) is 4.01. The molecular weight excluding hydrogens is 244 g/mol. The second kappa shape index (κ2) is 5.84. The fourth-order valence-electron chi connectivity index (χ4n) is 3.44. The van der Waals surface area contributed by atoms with E-state index in [0.29, 0.717) is 6.04 Å². The lowest BCUT2D eigenvalue weighted by Gasteiger charge is -2.42. The van der Waals surface area contributed by atoms with Gasteiger partial charge in [-0.1, -0.05) is 42.8 Å². The van der Waals surface area contributed by atoms with Gasteiger partial charge in [0.05, 0.1) is 0 Å². The fraction of sp³-hybridized carbons (Fsp3) is 0.444. The second-order valence-corrected chi connectivity index (χ2v) is 5.78. The Morgan fingerprint density at radius 2 is 1.90 bits per heavy atom. The van der Waals surface area contributed by atoms with Gasteiger partial charge >= 0.3 is 0 Å². The molecule has 1 fully saturated rings. The number of benzene rings is 2. The molecule has 0 aromatic heterocycles. The monoisotopic (exact) mass is 268 g/mol. The molecule has 2 aromatic rings. The van der Waals surface area contributed by atoms with E-state index in [0.717, 1.165) is 19.0 Å². The molecular formula is C18H24N2. The van der Waals surface area contributed by atoms with Crippen molar-refractivity contribution in [1.82, 2.24) is 0 Å². The van der Waals surface area contributed by atoms with Crippen molar-refractivity contribution in [2.24, 2.45) is 11.7 Å². The molecule has 0 aliphatic heterocycles. The Bertz CT molecular complexity index is 569. The van der Waals surface area contributed by atoms with Crippen molar-refractivity contribution in [3.63, 3.8) is 0 Å². The lowest BCUT2D eigenvalue weighted by atomic mass is 9.78. The number of nitrogens with two attached hydrogens (primary N) is 1. The second-order valence-electron chi connectivity index (χ2n) is 5.78. The summed E-state index contributed by atoms with van der Waals surface area (Å²) in [5, 5.41) is 2.66. The van der Waals surface area contributed by atoms with E-state index in [1.165, 1.54) is 35.7 Å². The molecule has 0 radical (unpaired) electrons. The van der Waals surface area contributed by atoms with Crippen LogP contribution in [0.2, 0.25) is 0 Å². The zero-order chi connectivity index (χ0) is 13.9. The summed E-state index contributed by atoms with van der Waals surface area (Å²) in [7, 11) is 0. The first kappa shape index (κ1) is 13.4. The Balaban J connectivity index is 2.01. The van der Waals surface area contributed by atoms with E-state index in [1.54, 1.807) is 0 Å². The minimum Gasteiger partial charge on any atom is -0.367 e. The molecule has 0 heterocycles. The third kappa shape index (κ3) is 2.29. The van der Waals surface area contributed by atoms with Crippen molar-refractivity contribution in [2.45, 2.75) is 32.2 Å². The number of fused-ring (bicyclic) bond motifs is 1. The van der Waals surface area contributed by atoms with E-state index in [1.807, 2.05) is 0 Å². The summed E-state index contributed by atoms with van der Waals surface area (Å²) < 4.78 is 0. The van der Waals surface area contributed by atoms with E-state index < -0.39 is 0 Å². The lowest BCUT2D eigenvalue weighted by molar-refractivity contribution is 0.256. The highest BCUT2D eigenvalue weighted by atomic mass is 15.2. The topological polar surface area (TPSA) is 29.3 Å². The highest BCUT2D eigenvalue weighted by Gasteiger charge is 2.30. The van der Waals surface area contributed by atoms with Crippen LogP contribution in [0.1, 0.15) is 26.2 Å². The van der Waals surface area contributed by atoms with Gasteiger partial charge in [-0.15, -0.1) is 0 Å². The predicted octanol–water partition coefficient (Wildman–Crippen LogP) is 3.79. The fourth-order valence-corrected chi connectivity index (χ4v) is 3.44. The summed E-state index contributed by atoms with van der Waals surface area (Å²) in [6.07, 6.45) is 4.04. The van der Waals surface area contributed by atoms with E-state index in [4.69, 9.17) is 5.73 Å². The Morgan fingerprint density at radius 1 is 1.15 bits per heavy atom. The summed E-state index contributed by atoms with van der Waals surface area (Å²) in [6, 6.07) is 15.7. The first-order valence-electron chi connectivity index (χ1n) is 7.79.